The van der Waals surface area contributed by atoms with E-state index in [1.54, 1.807) is 12.1 Å². The van der Waals surface area contributed by atoms with Gasteiger partial charge in [0, 0.05) is 11.1 Å². The predicted molar refractivity (Wildman–Crippen MR) is 76.2 cm³/mol. The Bertz CT molecular complexity index is 446. The van der Waals surface area contributed by atoms with Gasteiger partial charge in [-0.3, -0.25) is 5.32 Å². The molecule has 0 amide bonds. The van der Waals surface area contributed by atoms with Gasteiger partial charge in [0.1, 0.15) is 11.6 Å². The molecule has 0 heterocycles. The van der Waals surface area contributed by atoms with Crippen LogP contribution in [0.4, 0.5) is 0 Å². The molecule has 0 spiro atoms. The largest absolute Gasteiger partial charge is 0.459 e. The van der Waals surface area contributed by atoms with Crippen LogP contribution in [-0.4, -0.2) is 17.6 Å². The smallest absolute Gasteiger partial charge is 0.328 e. The monoisotopic (exact) mass is 281 g/mol. The Morgan fingerprint density at radius 2 is 1.89 bits per heavy atom. The molecule has 1 fully saturated rings. The second-order valence-corrected chi connectivity index (χ2v) is 6.40. The van der Waals surface area contributed by atoms with E-state index >= 15 is 0 Å². The molecule has 19 heavy (non-hydrogen) atoms. The summed E-state index contributed by atoms with van der Waals surface area (Å²) < 4.78 is 5.48. The van der Waals surface area contributed by atoms with Crippen molar-refractivity contribution in [2.75, 3.05) is 0 Å². The van der Waals surface area contributed by atoms with Gasteiger partial charge in [-0.15, -0.1) is 0 Å². The maximum Gasteiger partial charge on any atom is 0.328 e. The van der Waals surface area contributed by atoms with Gasteiger partial charge in [-0.05, 0) is 51.3 Å². The van der Waals surface area contributed by atoms with Crippen LogP contribution in [0.2, 0.25) is 5.02 Å². The lowest BCUT2D eigenvalue weighted by Crippen LogP contribution is -2.36. The van der Waals surface area contributed by atoms with Gasteiger partial charge < -0.3 is 4.74 Å². The number of carbonyl (C=O) groups excluding carboxylic acids is 1. The summed E-state index contributed by atoms with van der Waals surface area (Å²) in [6.45, 7) is 5.63. The highest BCUT2D eigenvalue weighted by atomic mass is 35.5. The average molecular weight is 282 g/mol. The van der Waals surface area contributed by atoms with Gasteiger partial charge in [0.15, 0.2) is 0 Å². The van der Waals surface area contributed by atoms with Crippen LogP contribution >= 0.6 is 11.6 Å². The Morgan fingerprint density at radius 3 is 2.37 bits per heavy atom. The van der Waals surface area contributed by atoms with Gasteiger partial charge >= 0.3 is 5.97 Å². The first-order valence-corrected chi connectivity index (χ1v) is 6.97. The molecule has 4 heteroatoms. The number of rotatable bonds is 4. The van der Waals surface area contributed by atoms with Crippen molar-refractivity contribution in [3.05, 3.63) is 34.9 Å². The molecule has 1 aromatic rings. The quantitative estimate of drug-likeness (QED) is 0.859. The predicted octanol–water partition coefficient (Wildman–Crippen LogP) is 3.47. The van der Waals surface area contributed by atoms with Crippen LogP contribution in [0.25, 0.3) is 0 Å². The lowest BCUT2D eigenvalue weighted by Gasteiger charge is -2.25. The first kappa shape index (κ1) is 14.4. The third kappa shape index (κ3) is 4.51. The van der Waals surface area contributed by atoms with Crippen LogP contribution in [0.5, 0.6) is 0 Å². The molecule has 0 aliphatic heterocycles. The minimum Gasteiger partial charge on any atom is -0.459 e. The van der Waals surface area contributed by atoms with Crippen LogP contribution in [-0.2, 0) is 9.53 Å². The Hall–Kier alpha value is -1.06. The van der Waals surface area contributed by atoms with Crippen molar-refractivity contribution in [1.29, 1.82) is 0 Å². The molecule has 104 valence electrons. The van der Waals surface area contributed by atoms with E-state index in [1.165, 1.54) is 0 Å². The number of benzene rings is 1. The molecule has 0 aromatic heterocycles. The zero-order chi connectivity index (χ0) is 14.0. The number of halogens is 1. The third-order valence-corrected chi connectivity index (χ3v) is 3.08. The Balaban J connectivity index is 2.14. The van der Waals surface area contributed by atoms with E-state index in [4.69, 9.17) is 16.3 Å². The van der Waals surface area contributed by atoms with Gasteiger partial charge in [-0.2, -0.15) is 0 Å². The molecule has 1 aromatic carbocycles. The van der Waals surface area contributed by atoms with Crippen molar-refractivity contribution < 1.29 is 9.53 Å². The highest BCUT2D eigenvalue weighted by Crippen LogP contribution is 2.27. The lowest BCUT2D eigenvalue weighted by atomic mass is 10.1. The van der Waals surface area contributed by atoms with Crippen LogP contribution in [0.15, 0.2) is 24.3 Å². The molecule has 1 atom stereocenters. The van der Waals surface area contributed by atoms with Gasteiger partial charge in [0.05, 0.1) is 0 Å². The molecule has 3 nitrogen and oxygen atoms in total. The summed E-state index contributed by atoms with van der Waals surface area (Å²) in [5, 5.41) is 4.00. The van der Waals surface area contributed by atoms with Crippen molar-refractivity contribution >= 4 is 17.6 Å². The molecule has 2 rings (SSSR count). The molecule has 1 aliphatic rings. The van der Waals surface area contributed by atoms with Crippen LogP contribution in [0.1, 0.15) is 45.2 Å². The maximum atomic E-state index is 12.3. The van der Waals surface area contributed by atoms with Crippen molar-refractivity contribution in [3.63, 3.8) is 0 Å². The molecular weight excluding hydrogens is 262 g/mol. The number of nitrogens with one attached hydrogen (secondary N) is 1. The van der Waals surface area contributed by atoms with E-state index in [2.05, 4.69) is 5.32 Å². The molecule has 1 saturated carbocycles. The van der Waals surface area contributed by atoms with E-state index < -0.39 is 11.6 Å². The lowest BCUT2D eigenvalue weighted by molar-refractivity contribution is -0.157. The first-order chi connectivity index (χ1) is 8.85. The SMILES string of the molecule is CC(C)(C)OC(=O)C(NC1CC1)c1ccc(Cl)cc1. The molecule has 1 unspecified atom stereocenters. The van der Waals surface area contributed by atoms with Crippen LogP contribution < -0.4 is 5.32 Å². The average Bonchev–Trinajstić information content (AvgIpc) is 3.08. The molecule has 0 bridgehead atoms. The highest BCUT2D eigenvalue weighted by Gasteiger charge is 2.32. The van der Waals surface area contributed by atoms with Crippen molar-refractivity contribution in [1.82, 2.24) is 5.32 Å². The Morgan fingerprint density at radius 1 is 1.32 bits per heavy atom. The van der Waals surface area contributed by atoms with Gasteiger partial charge in [-0.1, -0.05) is 23.7 Å². The van der Waals surface area contributed by atoms with Gasteiger partial charge in [0.2, 0.25) is 0 Å². The van der Waals surface area contributed by atoms with E-state index in [0.717, 1.165) is 18.4 Å². The minimum atomic E-state index is -0.479. The first-order valence-electron chi connectivity index (χ1n) is 6.59. The fourth-order valence-corrected chi connectivity index (χ4v) is 1.93. The minimum absolute atomic E-state index is 0.235. The molecule has 0 radical (unpaired) electrons. The number of hydrogen-bond donors (Lipinski definition) is 1. The molecule has 1 aliphatic carbocycles. The van der Waals surface area contributed by atoms with Gasteiger partial charge in [-0.25, -0.2) is 4.79 Å². The summed E-state index contributed by atoms with van der Waals surface area (Å²) in [6, 6.07) is 7.33. The summed E-state index contributed by atoms with van der Waals surface area (Å²) in [6.07, 6.45) is 2.24. The molecular formula is C15H20ClNO2. The molecule has 0 saturated heterocycles. The second-order valence-electron chi connectivity index (χ2n) is 5.96. The maximum absolute atomic E-state index is 12.3. The van der Waals surface area contributed by atoms with Gasteiger partial charge in [0.25, 0.3) is 0 Å². The van der Waals surface area contributed by atoms with E-state index in [-0.39, 0.29) is 5.97 Å². The third-order valence-electron chi connectivity index (χ3n) is 2.83. The fourth-order valence-electron chi connectivity index (χ4n) is 1.80. The Labute approximate surface area is 119 Å². The summed E-state index contributed by atoms with van der Waals surface area (Å²) >= 11 is 5.88. The summed E-state index contributed by atoms with van der Waals surface area (Å²) in [5.41, 5.74) is 0.415. The number of ether oxygens (including phenoxy) is 1. The zero-order valence-corrected chi connectivity index (χ0v) is 12.3. The van der Waals surface area contributed by atoms with Crippen molar-refractivity contribution in [3.8, 4) is 0 Å². The Kier molecular flexibility index (Phi) is 4.16. The summed E-state index contributed by atoms with van der Waals surface area (Å²) in [4.78, 5) is 12.3. The fraction of sp³-hybridized carbons (Fsp3) is 0.533. The summed E-state index contributed by atoms with van der Waals surface area (Å²) in [5.74, 6) is -0.235. The topological polar surface area (TPSA) is 38.3 Å². The number of esters is 1. The summed E-state index contributed by atoms with van der Waals surface area (Å²) in [7, 11) is 0. The normalized spacial score (nSPS) is 17.1. The van der Waals surface area contributed by atoms with E-state index in [9.17, 15) is 4.79 Å². The standard InChI is InChI=1S/C15H20ClNO2/c1-15(2,3)19-14(18)13(17-12-8-9-12)10-4-6-11(16)7-5-10/h4-7,12-13,17H,8-9H2,1-3H3. The number of hydrogen-bond acceptors (Lipinski definition) is 3. The number of carbonyl (C=O) groups is 1. The molecule has 1 N–H and O–H groups in total. The zero-order valence-electron chi connectivity index (χ0n) is 11.6. The van der Waals surface area contributed by atoms with Crippen molar-refractivity contribution in [2.24, 2.45) is 0 Å². The van der Waals surface area contributed by atoms with Crippen LogP contribution in [0, 0.1) is 0 Å². The second kappa shape index (κ2) is 5.51. The van der Waals surface area contributed by atoms with Crippen molar-refractivity contribution in [2.45, 2.75) is 51.3 Å². The van der Waals surface area contributed by atoms with E-state index in [0.29, 0.717) is 11.1 Å². The highest BCUT2D eigenvalue weighted by molar-refractivity contribution is 6.30. The van der Waals surface area contributed by atoms with E-state index in [1.807, 2.05) is 32.9 Å². The van der Waals surface area contributed by atoms with Crippen LogP contribution in [0.3, 0.4) is 0 Å².